The molecule has 74 valence electrons. The van der Waals surface area contributed by atoms with Crippen LogP contribution in [0.15, 0.2) is 16.8 Å². The van der Waals surface area contributed by atoms with E-state index in [1.807, 2.05) is 0 Å². The first-order valence-corrected chi connectivity index (χ1v) is 3.38. The summed E-state index contributed by atoms with van der Waals surface area (Å²) in [6.45, 7) is 0. The van der Waals surface area contributed by atoms with E-state index in [0.29, 0.717) is 6.20 Å². The molecule has 2 N–H and O–H groups in total. The summed E-state index contributed by atoms with van der Waals surface area (Å²) in [5.74, 6) is 0. The highest BCUT2D eigenvalue weighted by atomic mass is 35.5. The monoisotopic (exact) mass is 214 g/mol. The van der Waals surface area contributed by atoms with Crippen molar-refractivity contribution in [1.82, 2.24) is 0 Å². The number of alkyl halides is 3. The number of halogens is 4. The normalized spacial score (nSPS) is 14.5. The van der Waals surface area contributed by atoms with Gasteiger partial charge in [0, 0.05) is 13.2 Å². The smallest absolute Gasteiger partial charge is 0.404 e. The van der Waals surface area contributed by atoms with Gasteiger partial charge in [-0.1, -0.05) is 0 Å². The summed E-state index contributed by atoms with van der Waals surface area (Å²) in [6, 6.07) is 0. The van der Waals surface area contributed by atoms with Crippen molar-refractivity contribution in [3.05, 3.63) is 11.8 Å². The molecular weight excluding hydrogens is 209 g/mol. The van der Waals surface area contributed by atoms with Crippen LogP contribution in [0.2, 0.25) is 0 Å². The van der Waals surface area contributed by atoms with Gasteiger partial charge in [0.1, 0.15) is 0 Å². The number of nitrogens with two attached hydrogens (primary N) is 1. The zero-order valence-corrected chi connectivity index (χ0v) is 7.28. The van der Waals surface area contributed by atoms with Crippen LogP contribution in [-0.2, 0) is 4.79 Å². The molecule has 0 atom stereocenters. The second-order valence-corrected chi connectivity index (χ2v) is 2.27. The Bertz CT molecular complexity index is 270. The summed E-state index contributed by atoms with van der Waals surface area (Å²) in [5, 5.41) is -1.29. The number of nitrogens with zero attached hydrogens (tertiary/aromatic N) is 1. The first-order valence-electron chi connectivity index (χ1n) is 3.00. The van der Waals surface area contributed by atoms with Crippen LogP contribution in [-0.4, -0.2) is 24.2 Å². The summed E-state index contributed by atoms with van der Waals surface area (Å²) in [7, 11) is 0.895. The molecule has 0 aliphatic heterocycles. The van der Waals surface area contributed by atoms with Crippen LogP contribution >= 0.6 is 11.6 Å². The molecule has 0 rings (SSSR count). The van der Waals surface area contributed by atoms with Crippen molar-refractivity contribution in [2.24, 2.45) is 10.7 Å². The highest BCUT2D eigenvalue weighted by molar-refractivity contribution is 6.71. The number of hydrogen-bond acceptors (Lipinski definition) is 3. The molecule has 0 aromatic carbocycles. The SMILES string of the molecule is CN=C(/C(=C\N)C(=O)Cl)C(F)(F)F. The molecule has 0 aliphatic carbocycles. The van der Waals surface area contributed by atoms with E-state index < -0.39 is 22.7 Å². The van der Waals surface area contributed by atoms with Crippen LogP contribution in [0.5, 0.6) is 0 Å². The van der Waals surface area contributed by atoms with Crippen molar-refractivity contribution in [2.75, 3.05) is 7.05 Å². The summed E-state index contributed by atoms with van der Waals surface area (Å²) in [5.41, 5.74) is 2.57. The lowest BCUT2D eigenvalue weighted by Crippen LogP contribution is -2.27. The third kappa shape index (κ3) is 3.06. The number of allylic oxidation sites excluding steroid dienone is 1. The lowest BCUT2D eigenvalue weighted by atomic mass is 10.2. The van der Waals surface area contributed by atoms with Crippen LogP contribution in [0.1, 0.15) is 0 Å². The average molecular weight is 215 g/mol. The molecule has 13 heavy (non-hydrogen) atoms. The Morgan fingerprint density at radius 3 is 2.08 bits per heavy atom. The molecule has 0 saturated carbocycles. The molecule has 3 nitrogen and oxygen atoms in total. The van der Waals surface area contributed by atoms with Crippen molar-refractivity contribution in [1.29, 1.82) is 0 Å². The van der Waals surface area contributed by atoms with Crippen molar-refractivity contribution in [2.45, 2.75) is 6.18 Å². The molecule has 0 unspecified atom stereocenters. The van der Waals surface area contributed by atoms with E-state index in [0.717, 1.165) is 7.05 Å². The van der Waals surface area contributed by atoms with E-state index in [-0.39, 0.29) is 0 Å². The summed E-state index contributed by atoms with van der Waals surface area (Å²) in [6.07, 6.45) is -4.25. The van der Waals surface area contributed by atoms with Crippen LogP contribution in [0.4, 0.5) is 13.2 Å². The van der Waals surface area contributed by atoms with Crippen LogP contribution < -0.4 is 5.73 Å². The third-order valence-corrected chi connectivity index (χ3v) is 1.33. The van der Waals surface area contributed by atoms with Gasteiger partial charge in [0.2, 0.25) is 0 Å². The predicted molar refractivity (Wildman–Crippen MR) is 42.5 cm³/mol. The maximum atomic E-state index is 12.1. The number of carbonyl (C=O) groups is 1. The molecule has 0 fully saturated rings. The van der Waals surface area contributed by atoms with Crippen molar-refractivity contribution in [3.63, 3.8) is 0 Å². The Morgan fingerprint density at radius 1 is 1.54 bits per heavy atom. The zero-order chi connectivity index (χ0) is 10.6. The molecule has 0 aromatic rings. The van der Waals surface area contributed by atoms with Crippen molar-refractivity contribution >= 4 is 22.6 Å². The van der Waals surface area contributed by atoms with Gasteiger partial charge >= 0.3 is 6.18 Å². The molecule has 0 amide bonds. The molecule has 0 spiro atoms. The van der Waals surface area contributed by atoms with Gasteiger partial charge in [0.15, 0.2) is 5.71 Å². The van der Waals surface area contributed by atoms with E-state index in [2.05, 4.69) is 4.99 Å². The molecule has 0 saturated heterocycles. The largest absolute Gasteiger partial charge is 0.433 e. The van der Waals surface area contributed by atoms with E-state index in [9.17, 15) is 18.0 Å². The van der Waals surface area contributed by atoms with E-state index in [1.54, 1.807) is 0 Å². The predicted octanol–water partition coefficient (Wildman–Crippen LogP) is 1.23. The molecule has 0 aliphatic rings. The molecule has 0 aromatic heterocycles. The van der Waals surface area contributed by atoms with Crippen LogP contribution in [0, 0.1) is 0 Å². The number of hydrogen-bond donors (Lipinski definition) is 1. The summed E-state index contributed by atoms with van der Waals surface area (Å²) in [4.78, 5) is 13.3. The van der Waals surface area contributed by atoms with Gasteiger partial charge in [-0.2, -0.15) is 13.2 Å². The van der Waals surface area contributed by atoms with Gasteiger partial charge < -0.3 is 5.73 Å². The minimum Gasteiger partial charge on any atom is -0.404 e. The van der Waals surface area contributed by atoms with E-state index in [4.69, 9.17) is 17.3 Å². The Labute approximate surface area is 77.1 Å². The maximum absolute atomic E-state index is 12.1. The lowest BCUT2D eigenvalue weighted by Gasteiger charge is -2.09. The Morgan fingerprint density at radius 2 is 2.00 bits per heavy atom. The van der Waals surface area contributed by atoms with E-state index >= 15 is 0 Å². The molecule has 0 radical (unpaired) electrons. The second kappa shape index (κ2) is 4.27. The first kappa shape index (κ1) is 12.0. The molecule has 0 bridgehead atoms. The van der Waals surface area contributed by atoms with Gasteiger partial charge in [-0.05, 0) is 11.6 Å². The minimum atomic E-state index is -4.73. The highest BCUT2D eigenvalue weighted by Crippen LogP contribution is 2.22. The van der Waals surface area contributed by atoms with Gasteiger partial charge in [-0.3, -0.25) is 9.79 Å². The van der Waals surface area contributed by atoms with Gasteiger partial charge in [0.05, 0.1) is 5.57 Å². The van der Waals surface area contributed by atoms with Crippen LogP contribution in [0.3, 0.4) is 0 Å². The first-order chi connectivity index (χ1) is 5.84. The fraction of sp³-hybridized carbons (Fsp3) is 0.333. The van der Waals surface area contributed by atoms with Gasteiger partial charge in [-0.25, -0.2) is 0 Å². The Balaban J connectivity index is 5.13. The number of rotatable bonds is 2. The Hall–Kier alpha value is -1.04. The highest BCUT2D eigenvalue weighted by Gasteiger charge is 2.39. The lowest BCUT2D eigenvalue weighted by molar-refractivity contribution is -0.108. The number of aliphatic imine (C=N–C) groups is 1. The molecular formula is C6H6ClF3N2O. The van der Waals surface area contributed by atoms with Crippen molar-refractivity contribution in [3.8, 4) is 0 Å². The third-order valence-electron chi connectivity index (χ3n) is 1.13. The standard InChI is InChI=1S/C6H6ClF3N2O/c1-12-4(6(8,9)10)3(2-11)5(7)13/h2H,11H2,1H3/b3-2+,12-4?. The number of carbonyl (C=O) groups excluding carboxylic acids is 1. The summed E-state index contributed by atoms with van der Waals surface area (Å²) >= 11 is 4.86. The van der Waals surface area contributed by atoms with Gasteiger partial charge in [-0.15, -0.1) is 0 Å². The van der Waals surface area contributed by atoms with Gasteiger partial charge in [0.25, 0.3) is 5.24 Å². The molecule has 7 heteroatoms. The fourth-order valence-electron chi connectivity index (χ4n) is 0.637. The Kier molecular flexibility index (Phi) is 3.93. The fourth-order valence-corrected chi connectivity index (χ4v) is 0.790. The minimum absolute atomic E-state index is 0.477. The average Bonchev–Trinajstić information content (AvgIpc) is 1.96. The zero-order valence-electron chi connectivity index (χ0n) is 6.52. The molecule has 0 heterocycles. The van der Waals surface area contributed by atoms with Crippen LogP contribution in [0.25, 0.3) is 0 Å². The topological polar surface area (TPSA) is 55.4 Å². The summed E-state index contributed by atoms with van der Waals surface area (Å²) < 4.78 is 36.2. The maximum Gasteiger partial charge on any atom is 0.433 e. The second-order valence-electron chi connectivity index (χ2n) is 1.92. The van der Waals surface area contributed by atoms with E-state index in [1.165, 1.54) is 0 Å². The van der Waals surface area contributed by atoms with Crippen molar-refractivity contribution < 1.29 is 18.0 Å². The quantitative estimate of drug-likeness (QED) is 0.427.